The van der Waals surface area contributed by atoms with Crippen molar-refractivity contribution in [2.75, 3.05) is 42.5 Å². The summed E-state index contributed by atoms with van der Waals surface area (Å²) in [6.45, 7) is 6.25. The molecule has 5 nitrogen and oxygen atoms in total. The first-order valence-electron chi connectivity index (χ1n) is 10.3. The summed E-state index contributed by atoms with van der Waals surface area (Å²) >= 11 is 0. The summed E-state index contributed by atoms with van der Waals surface area (Å²) in [5, 5.41) is 3.58. The second-order valence-electron chi connectivity index (χ2n) is 7.57. The Kier molecular flexibility index (Phi) is 6.03. The van der Waals surface area contributed by atoms with E-state index in [9.17, 15) is 18.0 Å². The third-order valence-corrected chi connectivity index (χ3v) is 5.50. The summed E-state index contributed by atoms with van der Waals surface area (Å²) in [4.78, 5) is 21.4. The number of benzene rings is 2. The second-order valence-corrected chi connectivity index (χ2v) is 7.57. The Hall–Kier alpha value is -3.55. The highest BCUT2D eigenvalue weighted by Gasteiger charge is 2.31. The van der Waals surface area contributed by atoms with Crippen molar-refractivity contribution in [3.63, 3.8) is 0 Å². The summed E-state index contributed by atoms with van der Waals surface area (Å²) in [5.74, 6) is 0.475. The number of carbonyl (C=O) groups is 1. The van der Waals surface area contributed by atoms with Crippen molar-refractivity contribution in [3.05, 3.63) is 78.4 Å². The van der Waals surface area contributed by atoms with Crippen LogP contribution in [0.5, 0.6) is 0 Å². The predicted molar refractivity (Wildman–Crippen MR) is 120 cm³/mol. The van der Waals surface area contributed by atoms with Gasteiger partial charge >= 0.3 is 6.18 Å². The van der Waals surface area contributed by atoms with Gasteiger partial charge in [-0.1, -0.05) is 30.3 Å². The zero-order chi connectivity index (χ0) is 22.7. The van der Waals surface area contributed by atoms with Crippen molar-refractivity contribution in [3.8, 4) is 0 Å². The van der Waals surface area contributed by atoms with Gasteiger partial charge in [0, 0.05) is 43.8 Å². The molecule has 1 aliphatic rings. The van der Waals surface area contributed by atoms with E-state index in [1.165, 1.54) is 12.1 Å². The van der Waals surface area contributed by atoms with Crippen LogP contribution in [0.4, 0.5) is 24.7 Å². The number of anilines is 2. The summed E-state index contributed by atoms with van der Waals surface area (Å²) in [6, 6.07) is 14.6. The van der Waals surface area contributed by atoms with E-state index in [-0.39, 0.29) is 5.91 Å². The van der Waals surface area contributed by atoms with E-state index in [1.54, 1.807) is 18.2 Å². The highest BCUT2D eigenvalue weighted by atomic mass is 19.4. The number of nitrogens with zero attached hydrogens (tertiary/aromatic N) is 3. The standard InChI is InChI=1S/C24H23F3N4O/c1-2-10-28-23(32)20-16-22(29-21-9-4-3-8-19(20)21)31-13-11-30(12-14-31)18-7-5-6-17(15-18)24(25,26)27/h2-9,15-16H,1,10-14H2,(H,28,32). The molecule has 2 aromatic carbocycles. The van der Waals surface area contributed by atoms with Gasteiger partial charge in [-0.2, -0.15) is 13.2 Å². The lowest BCUT2D eigenvalue weighted by Gasteiger charge is -2.37. The van der Waals surface area contributed by atoms with Crippen LogP contribution in [0.15, 0.2) is 67.3 Å². The number of alkyl halides is 3. The van der Waals surface area contributed by atoms with Crippen molar-refractivity contribution in [1.82, 2.24) is 10.3 Å². The lowest BCUT2D eigenvalue weighted by atomic mass is 10.1. The largest absolute Gasteiger partial charge is 0.416 e. The fourth-order valence-corrected chi connectivity index (χ4v) is 3.84. The van der Waals surface area contributed by atoms with Gasteiger partial charge in [-0.25, -0.2) is 4.98 Å². The predicted octanol–water partition coefficient (Wildman–Crippen LogP) is 4.50. The van der Waals surface area contributed by atoms with Gasteiger partial charge in [0.1, 0.15) is 5.82 Å². The Morgan fingerprint density at radius 1 is 1.03 bits per heavy atom. The van der Waals surface area contributed by atoms with Crippen molar-refractivity contribution < 1.29 is 18.0 Å². The molecule has 4 rings (SSSR count). The zero-order valence-corrected chi connectivity index (χ0v) is 17.4. The van der Waals surface area contributed by atoms with E-state index < -0.39 is 11.7 Å². The molecule has 1 N–H and O–H groups in total. The smallest absolute Gasteiger partial charge is 0.368 e. The first-order chi connectivity index (χ1) is 15.4. The number of nitrogens with one attached hydrogen (secondary N) is 1. The van der Waals surface area contributed by atoms with Crippen LogP contribution in [0.2, 0.25) is 0 Å². The molecule has 1 aliphatic heterocycles. The van der Waals surface area contributed by atoms with Gasteiger partial charge in [0.2, 0.25) is 0 Å². The van der Waals surface area contributed by atoms with Gasteiger partial charge in [-0.3, -0.25) is 4.79 Å². The molecular weight excluding hydrogens is 417 g/mol. The van der Waals surface area contributed by atoms with Crippen LogP contribution >= 0.6 is 0 Å². The highest BCUT2D eigenvalue weighted by molar-refractivity contribution is 6.07. The van der Waals surface area contributed by atoms with Crippen LogP contribution in [-0.2, 0) is 6.18 Å². The number of aromatic nitrogens is 1. The van der Waals surface area contributed by atoms with Gasteiger partial charge in [0.15, 0.2) is 0 Å². The van der Waals surface area contributed by atoms with Gasteiger partial charge in [0.05, 0.1) is 16.6 Å². The van der Waals surface area contributed by atoms with Gasteiger partial charge in [-0.05, 0) is 30.3 Å². The van der Waals surface area contributed by atoms with E-state index in [4.69, 9.17) is 4.98 Å². The third kappa shape index (κ3) is 4.54. The normalized spacial score (nSPS) is 14.5. The Labute approximate surface area is 184 Å². The lowest BCUT2D eigenvalue weighted by Crippen LogP contribution is -2.47. The molecule has 0 bridgehead atoms. The van der Waals surface area contributed by atoms with Crippen LogP contribution in [0, 0.1) is 0 Å². The van der Waals surface area contributed by atoms with E-state index in [2.05, 4.69) is 16.8 Å². The maximum Gasteiger partial charge on any atom is 0.416 e. The monoisotopic (exact) mass is 440 g/mol. The number of hydrogen-bond donors (Lipinski definition) is 1. The molecule has 0 aliphatic carbocycles. The highest BCUT2D eigenvalue weighted by Crippen LogP contribution is 2.32. The average Bonchev–Trinajstić information content (AvgIpc) is 2.81. The summed E-state index contributed by atoms with van der Waals surface area (Å²) in [5.41, 5.74) is 1.15. The Morgan fingerprint density at radius 2 is 1.75 bits per heavy atom. The van der Waals surface area contributed by atoms with Crippen molar-refractivity contribution >= 4 is 28.3 Å². The molecular formula is C24H23F3N4O. The molecule has 0 unspecified atom stereocenters. The second kappa shape index (κ2) is 8.90. The van der Waals surface area contributed by atoms with E-state index in [1.807, 2.05) is 29.2 Å². The van der Waals surface area contributed by atoms with Crippen LogP contribution in [0.3, 0.4) is 0 Å². The number of piperazine rings is 1. The van der Waals surface area contributed by atoms with Crippen molar-refractivity contribution in [1.29, 1.82) is 0 Å². The molecule has 1 aromatic heterocycles. The Morgan fingerprint density at radius 3 is 2.47 bits per heavy atom. The number of pyridine rings is 1. The van der Waals surface area contributed by atoms with E-state index in [0.29, 0.717) is 55.3 Å². The van der Waals surface area contributed by atoms with Crippen LogP contribution in [-0.4, -0.2) is 43.6 Å². The lowest BCUT2D eigenvalue weighted by molar-refractivity contribution is -0.137. The number of fused-ring (bicyclic) bond motifs is 1. The third-order valence-electron chi connectivity index (χ3n) is 5.50. The maximum absolute atomic E-state index is 13.1. The molecule has 0 atom stereocenters. The van der Waals surface area contributed by atoms with Crippen molar-refractivity contribution in [2.24, 2.45) is 0 Å². The summed E-state index contributed by atoms with van der Waals surface area (Å²) in [7, 11) is 0. The number of hydrogen-bond acceptors (Lipinski definition) is 4. The molecule has 0 saturated carbocycles. The van der Waals surface area contributed by atoms with Crippen LogP contribution in [0.1, 0.15) is 15.9 Å². The molecule has 1 amide bonds. The molecule has 3 aromatic rings. The van der Waals surface area contributed by atoms with Gasteiger partial charge in [-0.15, -0.1) is 6.58 Å². The first-order valence-corrected chi connectivity index (χ1v) is 10.3. The number of halogens is 3. The fraction of sp³-hybridized carbons (Fsp3) is 0.250. The molecule has 1 saturated heterocycles. The van der Waals surface area contributed by atoms with E-state index in [0.717, 1.165) is 11.5 Å². The molecule has 0 radical (unpaired) electrons. The maximum atomic E-state index is 13.1. The van der Waals surface area contributed by atoms with Crippen LogP contribution < -0.4 is 15.1 Å². The number of amides is 1. The quantitative estimate of drug-likeness (QED) is 0.594. The zero-order valence-electron chi connectivity index (χ0n) is 17.4. The molecule has 32 heavy (non-hydrogen) atoms. The van der Waals surface area contributed by atoms with Crippen molar-refractivity contribution in [2.45, 2.75) is 6.18 Å². The molecule has 166 valence electrons. The molecule has 0 spiro atoms. The summed E-state index contributed by atoms with van der Waals surface area (Å²) in [6.07, 6.45) is -2.75. The fourth-order valence-electron chi connectivity index (χ4n) is 3.84. The first kappa shape index (κ1) is 21.7. The number of carbonyl (C=O) groups excluding carboxylic acids is 1. The summed E-state index contributed by atoms with van der Waals surface area (Å²) < 4.78 is 39.2. The minimum absolute atomic E-state index is 0.202. The molecule has 8 heteroatoms. The molecule has 1 fully saturated rings. The van der Waals surface area contributed by atoms with E-state index >= 15 is 0 Å². The Balaban J connectivity index is 1.55. The SMILES string of the molecule is C=CCNC(=O)c1cc(N2CCN(c3cccc(C(F)(F)F)c3)CC2)nc2ccccc12. The minimum atomic E-state index is -4.37. The topological polar surface area (TPSA) is 48.5 Å². The van der Waals surface area contributed by atoms with Gasteiger partial charge in [0.25, 0.3) is 5.91 Å². The Bertz CT molecular complexity index is 1140. The minimum Gasteiger partial charge on any atom is -0.368 e. The number of rotatable bonds is 5. The van der Waals surface area contributed by atoms with Crippen LogP contribution in [0.25, 0.3) is 10.9 Å². The average molecular weight is 440 g/mol. The van der Waals surface area contributed by atoms with Gasteiger partial charge < -0.3 is 15.1 Å². The molecule has 2 heterocycles. The number of para-hydroxylation sites is 1.